The molecule has 4 nitrogen and oxygen atoms in total. The number of piperidine rings is 1. The van der Waals surface area contributed by atoms with Gasteiger partial charge in [0, 0.05) is 43.4 Å². The first-order chi connectivity index (χ1) is 12.7. The van der Waals surface area contributed by atoms with Gasteiger partial charge in [-0.2, -0.15) is 0 Å². The lowest BCUT2D eigenvalue weighted by Crippen LogP contribution is -2.39. The van der Waals surface area contributed by atoms with Crippen molar-refractivity contribution in [3.05, 3.63) is 36.3 Å². The van der Waals surface area contributed by atoms with Crippen LogP contribution in [0.1, 0.15) is 26.7 Å². The highest BCUT2D eigenvalue weighted by Crippen LogP contribution is 2.29. The Morgan fingerprint density at radius 3 is 2.69 bits per heavy atom. The molecule has 0 saturated carbocycles. The summed E-state index contributed by atoms with van der Waals surface area (Å²) in [6.45, 7) is 12.0. The van der Waals surface area contributed by atoms with Crippen LogP contribution in [0.4, 0.5) is 10.1 Å². The largest absolute Gasteiger partial charge is 0.371 e. The predicted molar refractivity (Wildman–Crippen MR) is 107 cm³/mol. The molecule has 0 amide bonds. The minimum absolute atomic E-state index is 0.195. The summed E-state index contributed by atoms with van der Waals surface area (Å²) in [6, 6.07) is 6.87. The summed E-state index contributed by atoms with van der Waals surface area (Å²) in [4.78, 5) is 9.20. The number of nitrogens with zero attached hydrogens (tertiary/aromatic N) is 3. The van der Waals surface area contributed by atoms with E-state index < -0.39 is 0 Å². The third-order valence-corrected chi connectivity index (χ3v) is 5.57. The molecule has 2 heterocycles. The van der Waals surface area contributed by atoms with Crippen molar-refractivity contribution in [2.75, 3.05) is 50.7 Å². The topological polar surface area (TPSA) is 31.4 Å². The van der Waals surface area contributed by atoms with Crippen molar-refractivity contribution in [3.63, 3.8) is 0 Å². The number of hydrogen-bond donors (Lipinski definition) is 1. The number of anilines is 1. The molecule has 26 heavy (non-hydrogen) atoms. The van der Waals surface area contributed by atoms with Gasteiger partial charge in [0.25, 0.3) is 0 Å². The van der Waals surface area contributed by atoms with Crippen LogP contribution < -0.4 is 10.2 Å². The minimum atomic E-state index is -0.195. The number of nitrogens with one attached hydrogen (secondary N) is 1. The van der Waals surface area contributed by atoms with E-state index in [2.05, 4.69) is 33.9 Å². The van der Waals surface area contributed by atoms with Gasteiger partial charge in [0.15, 0.2) is 0 Å². The Balaban J connectivity index is 1.51. The van der Waals surface area contributed by atoms with Crippen molar-refractivity contribution in [1.29, 1.82) is 0 Å². The van der Waals surface area contributed by atoms with Gasteiger partial charge in [-0.3, -0.25) is 4.98 Å². The van der Waals surface area contributed by atoms with Gasteiger partial charge in [0.2, 0.25) is 0 Å². The summed E-state index contributed by atoms with van der Waals surface area (Å²) < 4.78 is 13.7. The van der Waals surface area contributed by atoms with Crippen LogP contribution in [0.3, 0.4) is 0 Å². The zero-order valence-corrected chi connectivity index (χ0v) is 16.0. The Morgan fingerprint density at radius 1 is 1.19 bits per heavy atom. The first-order valence-electron chi connectivity index (χ1n) is 9.93. The normalized spacial score (nSPS) is 15.9. The SMILES string of the molecule is CCN(CC)CCNCC1CCN(c2ccnc3ccc(F)cc23)CC1. The number of rotatable bonds is 8. The highest BCUT2D eigenvalue weighted by Gasteiger charge is 2.20. The van der Waals surface area contributed by atoms with E-state index in [0.717, 1.165) is 68.3 Å². The second kappa shape index (κ2) is 9.28. The molecule has 1 aromatic carbocycles. The fraction of sp³-hybridized carbons (Fsp3) is 0.571. The third-order valence-electron chi connectivity index (χ3n) is 5.57. The molecule has 1 aromatic heterocycles. The number of halogens is 1. The molecule has 1 aliphatic heterocycles. The molecule has 1 fully saturated rings. The molecular weight excluding hydrogens is 327 g/mol. The number of aromatic nitrogens is 1. The van der Waals surface area contributed by atoms with E-state index in [1.165, 1.54) is 18.9 Å². The van der Waals surface area contributed by atoms with Crippen molar-refractivity contribution >= 4 is 16.6 Å². The van der Waals surface area contributed by atoms with E-state index in [0.29, 0.717) is 0 Å². The van der Waals surface area contributed by atoms with E-state index in [-0.39, 0.29) is 5.82 Å². The Kier molecular flexibility index (Phi) is 6.80. The number of pyridine rings is 1. The highest BCUT2D eigenvalue weighted by atomic mass is 19.1. The summed E-state index contributed by atoms with van der Waals surface area (Å²) in [6.07, 6.45) is 4.19. The lowest BCUT2D eigenvalue weighted by molar-refractivity contribution is 0.294. The molecule has 0 radical (unpaired) electrons. The van der Waals surface area contributed by atoms with Crippen molar-refractivity contribution in [1.82, 2.24) is 15.2 Å². The molecule has 1 aliphatic rings. The van der Waals surface area contributed by atoms with Crippen LogP contribution in [0.15, 0.2) is 30.5 Å². The molecule has 142 valence electrons. The summed E-state index contributed by atoms with van der Waals surface area (Å²) >= 11 is 0. The zero-order chi connectivity index (χ0) is 18.4. The Bertz CT molecular complexity index is 693. The summed E-state index contributed by atoms with van der Waals surface area (Å²) in [5.74, 6) is 0.534. The quantitative estimate of drug-likeness (QED) is 0.732. The summed E-state index contributed by atoms with van der Waals surface area (Å²) in [5, 5.41) is 4.55. The fourth-order valence-electron chi connectivity index (χ4n) is 3.84. The van der Waals surface area contributed by atoms with Crippen LogP contribution in [-0.2, 0) is 0 Å². The molecule has 1 N–H and O–H groups in total. The van der Waals surface area contributed by atoms with Gasteiger partial charge in [-0.1, -0.05) is 13.8 Å². The van der Waals surface area contributed by atoms with Gasteiger partial charge in [0.1, 0.15) is 5.82 Å². The smallest absolute Gasteiger partial charge is 0.124 e. The van der Waals surface area contributed by atoms with Gasteiger partial charge in [-0.05, 0) is 62.7 Å². The van der Waals surface area contributed by atoms with E-state index in [1.54, 1.807) is 12.1 Å². The maximum atomic E-state index is 13.7. The zero-order valence-electron chi connectivity index (χ0n) is 16.0. The molecule has 3 rings (SSSR count). The van der Waals surface area contributed by atoms with Gasteiger partial charge in [-0.15, -0.1) is 0 Å². The van der Waals surface area contributed by atoms with E-state index >= 15 is 0 Å². The highest BCUT2D eigenvalue weighted by molar-refractivity contribution is 5.91. The number of likely N-dealkylation sites (N-methyl/N-ethyl adjacent to an activating group) is 1. The Hall–Kier alpha value is -1.72. The number of benzene rings is 1. The van der Waals surface area contributed by atoms with Gasteiger partial charge in [-0.25, -0.2) is 4.39 Å². The van der Waals surface area contributed by atoms with Crippen LogP contribution in [-0.4, -0.2) is 55.7 Å². The molecule has 0 bridgehead atoms. The summed E-state index contributed by atoms with van der Waals surface area (Å²) in [5.41, 5.74) is 1.98. The van der Waals surface area contributed by atoms with Crippen LogP contribution in [0.25, 0.3) is 10.9 Å². The molecule has 5 heteroatoms. The van der Waals surface area contributed by atoms with Crippen molar-refractivity contribution in [3.8, 4) is 0 Å². The van der Waals surface area contributed by atoms with Gasteiger partial charge in [0.05, 0.1) is 5.52 Å². The standard InChI is InChI=1S/C21H31FN4/c1-3-25(4-2)14-11-23-16-17-8-12-26(13-9-17)21-7-10-24-20-6-5-18(22)15-19(20)21/h5-7,10,15,17,23H,3-4,8-9,11-14,16H2,1-2H3. The Labute approximate surface area is 156 Å². The maximum absolute atomic E-state index is 13.7. The molecule has 0 atom stereocenters. The fourth-order valence-corrected chi connectivity index (χ4v) is 3.84. The van der Waals surface area contributed by atoms with Crippen LogP contribution in [0.2, 0.25) is 0 Å². The molecule has 0 spiro atoms. The van der Waals surface area contributed by atoms with Crippen molar-refractivity contribution < 1.29 is 4.39 Å². The van der Waals surface area contributed by atoms with E-state index in [9.17, 15) is 4.39 Å². The minimum Gasteiger partial charge on any atom is -0.371 e. The third kappa shape index (κ3) is 4.71. The summed E-state index contributed by atoms with van der Waals surface area (Å²) in [7, 11) is 0. The predicted octanol–water partition coefficient (Wildman–Crippen LogP) is 3.52. The van der Waals surface area contributed by atoms with Crippen LogP contribution in [0, 0.1) is 11.7 Å². The molecule has 2 aromatic rings. The average Bonchev–Trinajstić information content (AvgIpc) is 2.68. The number of fused-ring (bicyclic) bond motifs is 1. The lowest BCUT2D eigenvalue weighted by atomic mass is 9.96. The van der Waals surface area contributed by atoms with Crippen LogP contribution >= 0.6 is 0 Å². The second-order valence-corrected chi connectivity index (χ2v) is 7.15. The first kappa shape index (κ1) is 19.1. The Morgan fingerprint density at radius 2 is 1.96 bits per heavy atom. The van der Waals surface area contributed by atoms with E-state index in [4.69, 9.17) is 0 Å². The van der Waals surface area contributed by atoms with Crippen LogP contribution in [0.5, 0.6) is 0 Å². The van der Waals surface area contributed by atoms with E-state index in [1.807, 2.05) is 12.3 Å². The maximum Gasteiger partial charge on any atom is 0.124 e. The average molecular weight is 359 g/mol. The van der Waals surface area contributed by atoms with Gasteiger partial charge >= 0.3 is 0 Å². The number of hydrogen-bond acceptors (Lipinski definition) is 4. The second-order valence-electron chi connectivity index (χ2n) is 7.15. The van der Waals surface area contributed by atoms with Crippen molar-refractivity contribution in [2.24, 2.45) is 5.92 Å². The molecule has 0 unspecified atom stereocenters. The molecule has 0 aliphatic carbocycles. The first-order valence-corrected chi connectivity index (χ1v) is 9.93. The van der Waals surface area contributed by atoms with Gasteiger partial charge < -0.3 is 15.1 Å². The monoisotopic (exact) mass is 358 g/mol. The van der Waals surface area contributed by atoms with Crippen molar-refractivity contribution in [2.45, 2.75) is 26.7 Å². The molecule has 1 saturated heterocycles. The molecular formula is C21H31FN4. The lowest BCUT2D eigenvalue weighted by Gasteiger charge is -2.34.